The molecule has 0 fully saturated rings. The van der Waals surface area contributed by atoms with Crippen LogP contribution in [-0.4, -0.2) is 6.00 Å². The van der Waals surface area contributed by atoms with E-state index < -0.39 is 5.82 Å². The summed E-state index contributed by atoms with van der Waals surface area (Å²) in [4.78, 5) is 0. The molecule has 0 aliphatic heterocycles. The van der Waals surface area contributed by atoms with Gasteiger partial charge in [-0.1, -0.05) is 11.6 Å². The molecule has 0 atom stereocenters. The van der Waals surface area contributed by atoms with Crippen LogP contribution in [0.15, 0.2) is 18.2 Å². The van der Waals surface area contributed by atoms with Gasteiger partial charge < -0.3 is 5.32 Å². The Labute approximate surface area is 74.1 Å². The van der Waals surface area contributed by atoms with Crippen molar-refractivity contribution in [3.63, 3.8) is 0 Å². The van der Waals surface area contributed by atoms with Gasteiger partial charge >= 0.3 is 0 Å². The zero-order valence-electron chi connectivity index (χ0n) is 5.57. The van der Waals surface area contributed by atoms with Crippen LogP contribution in [0.2, 0.25) is 5.02 Å². The smallest absolute Gasteiger partial charge is 0.141 e. The van der Waals surface area contributed by atoms with Crippen LogP contribution in [0.1, 0.15) is 0 Å². The maximum absolute atomic E-state index is 12.5. The second-order valence-electron chi connectivity index (χ2n) is 1.94. The van der Waals surface area contributed by atoms with Crippen LogP contribution in [-0.2, 0) is 0 Å². The molecule has 1 nitrogen and oxygen atoms in total. The Morgan fingerprint density at radius 2 is 2.18 bits per heavy atom. The minimum absolute atomic E-state index is 0.0973. The quantitative estimate of drug-likeness (QED) is 0.563. The van der Waals surface area contributed by atoms with Crippen LogP contribution < -0.4 is 5.32 Å². The van der Waals surface area contributed by atoms with Crippen LogP contribution in [0.4, 0.5) is 10.1 Å². The maximum Gasteiger partial charge on any atom is 0.141 e. The number of anilines is 1. The fourth-order valence-corrected chi connectivity index (χ4v) is 1.02. The zero-order valence-corrected chi connectivity index (χ0v) is 7.08. The molecule has 0 aromatic heterocycles. The lowest BCUT2D eigenvalue weighted by Gasteiger charge is -2.01. The largest absolute Gasteiger partial charge is 0.372 e. The summed E-state index contributed by atoms with van der Waals surface area (Å²) >= 11 is 10.9. The van der Waals surface area contributed by atoms with E-state index in [0.717, 1.165) is 0 Å². The molecule has 0 heterocycles. The Kier molecular flexibility index (Phi) is 2.97. The lowest BCUT2D eigenvalue weighted by atomic mass is 10.3. The van der Waals surface area contributed by atoms with Crippen LogP contribution in [0, 0.1) is 5.82 Å². The third kappa shape index (κ3) is 2.24. The maximum atomic E-state index is 12.5. The van der Waals surface area contributed by atoms with Crippen molar-refractivity contribution < 1.29 is 4.39 Å². The summed E-state index contributed by atoms with van der Waals surface area (Å²) in [5.74, 6) is -0.424. The fourth-order valence-electron chi connectivity index (χ4n) is 0.683. The number of nitrogens with one attached hydrogen (secondary N) is 1. The number of halogens is 3. The number of hydrogen-bond donors (Lipinski definition) is 1. The predicted molar refractivity (Wildman–Crippen MR) is 45.8 cm³/mol. The number of alkyl halides is 1. The molecule has 0 radical (unpaired) electrons. The summed E-state index contributed by atoms with van der Waals surface area (Å²) in [5.41, 5.74) is 0.714. The van der Waals surface area contributed by atoms with Gasteiger partial charge in [-0.25, -0.2) is 4.39 Å². The third-order valence-electron chi connectivity index (χ3n) is 1.19. The van der Waals surface area contributed by atoms with E-state index in [2.05, 4.69) is 5.32 Å². The Bertz CT molecular complexity index is 252. The van der Waals surface area contributed by atoms with Gasteiger partial charge in [-0.05, 0) is 18.2 Å². The van der Waals surface area contributed by atoms with Crippen molar-refractivity contribution in [1.29, 1.82) is 0 Å². The van der Waals surface area contributed by atoms with Gasteiger partial charge in [0.1, 0.15) is 5.82 Å². The van der Waals surface area contributed by atoms with E-state index in [1.807, 2.05) is 0 Å². The monoisotopic (exact) mass is 193 g/mol. The molecule has 0 saturated carbocycles. The highest BCUT2D eigenvalue weighted by Crippen LogP contribution is 2.18. The Balaban J connectivity index is 2.86. The second kappa shape index (κ2) is 3.79. The van der Waals surface area contributed by atoms with Gasteiger partial charge in [0.15, 0.2) is 0 Å². The van der Waals surface area contributed by atoms with E-state index in [1.165, 1.54) is 12.1 Å². The molecule has 0 aliphatic carbocycles. The van der Waals surface area contributed by atoms with E-state index in [9.17, 15) is 4.39 Å². The molecule has 0 amide bonds. The highest BCUT2D eigenvalue weighted by molar-refractivity contribution is 6.31. The average molecular weight is 194 g/mol. The number of hydrogen-bond acceptors (Lipinski definition) is 1. The van der Waals surface area contributed by atoms with Gasteiger partial charge in [0.25, 0.3) is 0 Å². The van der Waals surface area contributed by atoms with E-state index in [0.29, 0.717) is 5.69 Å². The standard InChI is InChI=1S/C7H6Cl2FN/c8-4-11-5-1-2-7(10)6(9)3-5/h1-3,11H,4H2. The molecule has 0 aliphatic rings. The van der Waals surface area contributed by atoms with Gasteiger partial charge in [-0.3, -0.25) is 0 Å². The molecular weight excluding hydrogens is 188 g/mol. The lowest BCUT2D eigenvalue weighted by Crippen LogP contribution is -1.93. The predicted octanol–water partition coefficient (Wildman–Crippen LogP) is 3.09. The summed E-state index contributed by atoms with van der Waals surface area (Å²) in [6.45, 7) is 0. The highest BCUT2D eigenvalue weighted by Gasteiger charge is 1.98. The normalized spacial score (nSPS) is 9.73. The van der Waals surface area contributed by atoms with Gasteiger partial charge in [0, 0.05) is 5.69 Å². The summed E-state index contributed by atoms with van der Waals surface area (Å²) in [5, 5.41) is 2.89. The molecule has 0 bridgehead atoms. The Morgan fingerprint density at radius 1 is 1.45 bits per heavy atom. The van der Waals surface area contributed by atoms with Crippen LogP contribution in [0.5, 0.6) is 0 Å². The Hall–Kier alpha value is -0.470. The summed E-state index contributed by atoms with van der Waals surface area (Å²) in [6, 6.07) is 4.63. The van der Waals surface area contributed by atoms with Crippen LogP contribution >= 0.6 is 23.2 Å². The first kappa shape index (κ1) is 8.62. The number of benzene rings is 1. The van der Waals surface area contributed by atoms with Crippen molar-refractivity contribution in [3.8, 4) is 0 Å². The van der Waals surface area contributed by atoms with Gasteiger partial charge in [0.2, 0.25) is 0 Å². The molecule has 0 saturated heterocycles. The van der Waals surface area contributed by atoms with Gasteiger partial charge in [-0.15, -0.1) is 11.6 Å². The summed E-state index contributed by atoms with van der Waals surface area (Å²) < 4.78 is 12.5. The summed E-state index contributed by atoms with van der Waals surface area (Å²) in [7, 11) is 0. The van der Waals surface area contributed by atoms with Crippen molar-refractivity contribution in [2.24, 2.45) is 0 Å². The van der Waals surface area contributed by atoms with Crippen LogP contribution in [0.3, 0.4) is 0 Å². The first-order valence-corrected chi connectivity index (χ1v) is 3.90. The summed E-state index contributed by atoms with van der Waals surface area (Å²) in [6.07, 6.45) is 0. The molecule has 4 heteroatoms. The van der Waals surface area contributed by atoms with Gasteiger partial charge in [-0.2, -0.15) is 0 Å². The molecule has 60 valence electrons. The van der Waals surface area contributed by atoms with E-state index in [1.54, 1.807) is 6.07 Å². The second-order valence-corrected chi connectivity index (χ2v) is 2.61. The first-order valence-electron chi connectivity index (χ1n) is 2.99. The topological polar surface area (TPSA) is 12.0 Å². The zero-order chi connectivity index (χ0) is 8.27. The minimum atomic E-state index is -0.424. The van der Waals surface area contributed by atoms with E-state index in [4.69, 9.17) is 23.2 Å². The molecule has 1 aromatic rings. The highest BCUT2D eigenvalue weighted by atomic mass is 35.5. The van der Waals surface area contributed by atoms with Crippen molar-refractivity contribution >= 4 is 28.9 Å². The molecule has 0 spiro atoms. The molecule has 0 unspecified atom stereocenters. The SMILES string of the molecule is Fc1ccc(NCCl)cc1Cl. The third-order valence-corrected chi connectivity index (χ3v) is 1.61. The van der Waals surface area contributed by atoms with Crippen molar-refractivity contribution in [2.45, 2.75) is 0 Å². The molecule has 1 N–H and O–H groups in total. The van der Waals surface area contributed by atoms with E-state index >= 15 is 0 Å². The minimum Gasteiger partial charge on any atom is -0.372 e. The van der Waals surface area contributed by atoms with Crippen molar-refractivity contribution in [2.75, 3.05) is 11.3 Å². The fraction of sp³-hybridized carbons (Fsp3) is 0.143. The Morgan fingerprint density at radius 3 is 2.73 bits per heavy atom. The van der Waals surface area contributed by atoms with Crippen molar-refractivity contribution in [3.05, 3.63) is 29.0 Å². The first-order chi connectivity index (χ1) is 5.24. The molecule has 11 heavy (non-hydrogen) atoms. The van der Waals surface area contributed by atoms with E-state index in [-0.39, 0.29) is 11.0 Å². The molecular formula is C7H6Cl2FN. The molecule has 1 aromatic carbocycles. The number of rotatable bonds is 2. The van der Waals surface area contributed by atoms with Crippen LogP contribution in [0.25, 0.3) is 0 Å². The average Bonchev–Trinajstić information content (AvgIpc) is 1.98. The van der Waals surface area contributed by atoms with Gasteiger partial charge in [0.05, 0.1) is 11.0 Å². The van der Waals surface area contributed by atoms with Crippen molar-refractivity contribution in [1.82, 2.24) is 0 Å². The molecule has 1 rings (SSSR count). The lowest BCUT2D eigenvalue weighted by molar-refractivity contribution is 0.628.